The van der Waals surface area contributed by atoms with E-state index in [9.17, 15) is 14.9 Å². The Bertz CT molecular complexity index is 532. The van der Waals surface area contributed by atoms with Crippen LogP contribution in [0.25, 0.3) is 0 Å². The van der Waals surface area contributed by atoms with Gasteiger partial charge in [-0.3, -0.25) is 14.9 Å². The van der Waals surface area contributed by atoms with E-state index in [1.807, 2.05) is 6.92 Å². The Hall–Kier alpha value is -2.15. The van der Waals surface area contributed by atoms with Crippen LogP contribution in [-0.2, 0) is 4.74 Å². The molecule has 108 valence electrons. The number of ether oxygens (including phenoxy) is 1. The van der Waals surface area contributed by atoms with Crippen LogP contribution in [0, 0.1) is 16.0 Å². The Kier molecular flexibility index (Phi) is 4.19. The first-order valence-electron chi connectivity index (χ1n) is 6.42. The molecular weight excluding hydrogens is 262 g/mol. The monoisotopic (exact) mass is 279 g/mol. The number of amides is 1. The number of carbonyl (C=O) groups excluding carboxylic acids is 1. The molecule has 0 saturated carbocycles. The van der Waals surface area contributed by atoms with E-state index < -0.39 is 4.92 Å². The molecule has 0 aliphatic carbocycles. The van der Waals surface area contributed by atoms with Crippen molar-refractivity contribution < 1.29 is 14.5 Å². The van der Waals surface area contributed by atoms with Crippen molar-refractivity contribution in [1.82, 2.24) is 5.32 Å². The van der Waals surface area contributed by atoms with Gasteiger partial charge in [-0.25, -0.2) is 0 Å². The van der Waals surface area contributed by atoms with Crippen LogP contribution in [-0.4, -0.2) is 30.1 Å². The Morgan fingerprint density at radius 1 is 1.60 bits per heavy atom. The van der Waals surface area contributed by atoms with Crippen molar-refractivity contribution in [2.45, 2.75) is 19.4 Å². The highest BCUT2D eigenvalue weighted by Crippen LogP contribution is 2.23. The van der Waals surface area contributed by atoms with Crippen molar-refractivity contribution >= 4 is 17.3 Å². The number of nitrogens with zero attached hydrogens (tertiary/aromatic N) is 1. The van der Waals surface area contributed by atoms with E-state index in [4.69, 9.17) is 10.5 Å². The molecule has 3 N–H and O–H groups in total. The van der Waals surface area contributed by atoms with Crippen LogP contribution in [0.4, 0.5) is 11.4 Å². The van der Waals surface area contributed by atoms with E-state index in [1.165, 1.54) is 18.2 Å². The number of nitrogen functional groups attached to an aromatic ring is 1. The summed E-state index contributed by atoms with van der Waals surface area (Å²) in [5.74, 6) is -0.0603. The van der Waals surface area contributed by atoms with Crippen molar-refractivity contribution in [3.8, 4) is 0 Å². The number of nitro benzene ring substituents is 1. The maximum atomic E-state index is 12.0. The Labute approximate surface area is 116 Å². The fourth-order valence-electron chi connectivity index (χ4n) is 2.21. The van der Waals surface area contributed by atoms with Gasteiger partial charge in [-0.2, -0.15) is 0 Å². The third kappa shape index (κ3) is 3.05. The normalized spacial score (nSPS) is 21.6. The minimum Gasteiger partial charge on any atom is -0.393 e. The molecule has 2 rings (SSSR count). The van der Waals surface area contributed by atoms with Crippen LogP contribution in [0.1, 0.15) is 23.7 Å². The lowest BCUT2D eigenvalue weighted by Gasteiger charge is -2.14. The van der Waals surface area contributed by atoms with Gasteiger partial charge in [-0.1, -0.05) is 0 Å². The molecule has 0 spiro atoms. The van der Waals surface area contributed by atoms with Gasteiger partial charge >= 0.3 is 0 Å². The Morgan fingerprint density at radius 3 is 2.95 bits per heavy atom. The molecule has 1 aromatic carbocycles. The summed E-state index contributed by atoms with van der Waals surface area (Å²) in [5.41, 5.74) is 5.52. The molecule has 1 aromatic rings. The Morgan fingerprint density at radius 2 is 2.35 bits per heavy atom. The topological polar surface area (TPSA) is 107 Å². The smallest absolute Gasteiger partial charge is 0.292 e. The summed E-state index contributed by atoms with van der Waals surface area (Å²) in [6.07, 6.45) is 1.03. The van der Waals surface area contributed by atoms with Gasteiger partial charge in [0.05, 0.1) is 11.0 Å². The van der Waals surface area contributed by atoms with E-state index in [2.05, 4.69) is 5.32 Å². The maximum Gasteiger partial charge on any atom is 0.292 e. The number of hydrogen-bond acceptors (Lipinski definition) is 5. The quantitative estimate of drug-likeness (QED) is 0.491. The molecule has 0 bridgehead atoms. The summed E-state index contributed by atoms with van der Waals surface area (Å²) in [6.45, 7) is 3.17. The van der Waals surface area contributed by atoms with Gasteiger partial charge in [0.25, 0.3) is 11.6 Å². The zero-order valence-electron chi connectivity index (χ0n) is 11.2. The molecule has 0 radical (unpaired) electrons. The zero-order valence-corrected chi connectivity index (χ0v) is 11.2. The minimum atomic E-state index is -0.598. The predicted molar refractivity (Wildman–Crippen MR) is 73.4 cm³/mol. The van der Waals surface area contributed by atoms with Crippen LogP contribution < -0.4 is 11.1 Å². The first-order valence-corrected chi connectivity index (χ1v) is 6.42. The second kappa shape index (κ2) is 5.87. The first kappa shape index (κ1) is 14.3. The molecule has 1 heterocycles. The lowest BCUT2D eigenvalue weighted by molar-refractivity contribution is -0.383. The highest BCUT2D eigenvalue weighted by atomic mass is 16.6. The summed E-state index contributed by atoms with van der Waals surface area (Å²) in [7, 11) is 0. The van der Waals surface area contributed by atoms with E-state index in [-0.39, 0.29) is 34.9 Å². The van der Waals surface area contributed by atoms with Gasteiger partial charge in [0.1, 0.15) is 5.69 Å². The average Bonchev–Trinajstić information content (AvgIpc) is 2.81. The number of nitrogens with two attached hydrogens (primary N) is 1. The standard InChI is InChI=1S/C13H17N3O4/c1-8-10(4-5-20-8)7-15-13(17)9-2-3-11(14)12(6-9)16(18)19/h2-3,6,8,10H,4-5,7,14H2,1H3,(H,15,17). The van der Waals surface area contributed by atoms with E-state index in [1.54, 1.807) is 0 Å². The molecule has 2 atom stereocenters. The highest BCUT2D eigenvalue weighted by molar-refractivity contribution is 5.95. The molecule has 7 nitrogen and oxygen atoms in total. The number of nitro groups is 1. The third-order valence-corrected chi connectivity index (χ3v) is 3.55. The largest absolute Gasteiger partial charge is 0.393 e. The van der Waals surface area contributed by atoms with Crippen molar-refractivity contribution in [2.24, 2.45) is 5.92 Å². The first-order chi connectivity index (χ1) is 9.49. The van der Waals surface area contributed by atoms with Gasteiger partial charge in [0.2, 0.25) is 0 Å². The fraction of sp³-hybridized carbons (Fsp3) is 0.462. The number of nitrogens with one attached hydrogen (secondary N) is 1. The minimum absolute atomic E-state index is 0.0457. The SMILES string of the molecule is CC1OCCC1CNC(=O)c1ccc(N)c([N+](=O)[O-])c1. The second-order valence-corrected chi connectivity index (χ2v) is 4.87. The summed E-state index contributed by atoms with van der Waals surface area (Å²) in [6, 6.07) is 4.04. The zero-order chi connectivity index (χ0) is 14.7. The molecule has 1 aliphatic rings. The molecule has 1 aliphatic heterocycles. The van der Waals surface area contributed by atoms with Crippen molar-refractivity contribution in [3.05, 3.63) is 33.9 Å². The fourth-order valence-corrected chi connectivity index (χ4v) is 2.21. The van der Waals surface area contributed by atoms with Gasteiger partial charge in [-0.15, -0.1) is 0 Å². The number of rotatable bonds is 4. The predicted octanol–water partition coefficient (Wildman–Crippen LogP) is 1.33. The van der Waals surface area contributed by atoms with E-state index in [0.717, 1.165) is 6.42 Å². The van der Waals surface area contributed by atoms with Gasteiger partial charge in [-0.05, 0) is 25.5 Å². The van der Waals surface area contributed by atoms with Crippen LogP contribution >= 0.6 is 0 Å². The van der Waals surface area contributed by atoms with Crippen LogP contribution in [0.5, 0.6) is 0 Å². The number of carbonyl (C=O) groups is 1. The van der Waals surface area contributed by atoms with Gasteiger partial charge in [0.15, 0.2) is 0 Å². The lowest BCUT2D eigenvalue weighted by atomic mass is 10.0. The molecule has 7 heteroatoms. The molecular formula is C13H17N3O4. The lowest BCUT2D eigenvalue weighted by Crippen LogP contribution is -2.32. The van der Waals surface area contributed by atoms with Gasteiger partial charge in [0, 0.05) is 30.7 Å². The molecule has 2 unspecified atom stereocenters. The number of hydrogen-bond donors (Lipinski definition) is 2. The van der Waals surface area contributed by atoms with Crippen LogP contribution in [0.3, 0.4) is 0 Å². The van der Waals surface area contributed by atoms with Crippen molar-refractivity contribution in [1.29, 1.82) is 0 Å². The summed E-state index contributed by atoms with van der Waals surface area (Å²) in [5, 5.41) is 13.6. The third-order valence-electron chi connectivity index (χ3n) is 3.55. The molecule has 20 heavy (non-hydrogen) atoms. The maximum absolute atomic E-state index is 12.0. The van der Waals surface area contributed by atoms with Crippen LogP contribution in [0.2, 0.25) is 0 Å². The van der Waals surface area contributed by atoms with Crippen molar-refractivity contribution in [3.63, 3.8) is 0 Å². The van der Waals surface area contributed by atoms with E-state index in [0.29, 0.717) is 13.2 Å². The van der Waals surface area contributed by atoms with E-state index >= 15 is 0 Å². The van der Waals surface area contributed by atoms with Gasteiger partial charge < -0.3 is 15.8 Å². The van der Waals surface area contributed by atoms with Crippen LogP contribution in [0.15, 0.2) is 18.2 Å². The Balaban J connectivity index is 2.02. The summed E-state index contributed by atoms with van der Waals surface area (Å²) < 4.78 is 5.41. The molecule has 1 fully saturated rings. The highest BCUT2D eigenvalue weighted by Gasteiger charge is 2.25. The van der Waals surface area contributed by atoms with Crippen molar-refractivity contribution in [2.75, 3.05) is 18.9 Å². The number of anilines is 1. The molecule has 0 aromatic heterocycles. The second-order valence-electron chi connectivity index (χ2n) is 4.87. The molecule has 1 amide bonds. The number of benzene rings is 1. The molecule has 1 saturated heterocycles. The summed E-state index contributed by atoms with van der Waals surface area (Å²) in [4.78, 5) is 22.2. The summed E-state index contributed by atoms with van der Waals surface area (Å²) >= 11 is 0. The average molecular weight is 279 g/mol.